The number of aliphatic carboxylic acids is 1. The highest BCUT2D eigenvalue weighted by atomic mass is 79.9. The minimum Gasteiger partial charge on any atom is -0.480 e. The summed E-state index contributed by atoms with van der Waals surface area (Å²) >= 11 is 5.69. The van der Waals surface area contributed by atoms with Crippen LogP contribution in [0.25, 0.3) is 0 Å². The van der Waals surface area contributed by atoms with Crippen LogP contribution in [0.5, 0.6) is 0 Å². The number of carboxylic acid groups (broad SMARTS) is 1. The maximum atomic E-state index is 12.2. The zero-order chi connectivity index (χ0) is 16.2. The number of halogens is 2. The van der Waals surface area contributed by atoms with Gasteiger partial charge in [0.25, 0.3) is 0 Å². The monoisotopic (exact) mass is 441 g/mol. The van der Waals surface area contributed by atoms with Crippen molar-refractivity contribution in [2.75, 3.05) is 6.54 Å². The van der Waals surface area contributed by atoms with Crippen LogP contribution in [0, 0.1) is 6.92 Å². The van der Waals surface area contributed by atoms with E-state index in [9.17, 15) is 18.0 Å². The fourth-order valence-corrected chi connectivity index (χ4v) is 3.44. The molecule has 0 spiro atoms. The van der Waals surface area contributed by atoms with Crippen molar-refractivity contribution in [1.29, 1.82) is 0 Å². The Labute approximate surface area is 139 Å². The van der Waals surface area contributed by atoms with Crippen LogP contribution in [0.2, 0.25) is 0 Å². The molecule has 21 heavy (non-hydrogen) atoms. The molecule has 0 fully saturated rings. The maximum Gasteiger partial charge on any atom is 0.319 e. The van der Waals surface area contributed by atoms with Gasteiger partial charge in [0, 0.05) is 6.54 Å². The molecular formula is C12H13Br2NO5S. The minimum absolute atomic E-state index is 0.0127. The highest BCUT2D eigenvalue weighted by Crippen LogP contribution is 2.21. The number of amides is 1. The van der Waals surface area contributed by atoms with Crippen LogP contribution in [-0.4, -0.2) is 40.9 Å². The molecule has 0 aliphatic carbocycles. The smallest absolute Gasteiger partial charge is 0.319 e. The van der Waals surface area contributed by atoms with Gasteiger partial charge in [0.1, 0.15) is 4.83 Å². The van der Waals surface area contributed by atoms with Crippen molar-refractivity contribution >= 4 is 53.6 Å². The van der Waals surface area contributed by atoms with E-state index in [-0.39, 0.29) is 11.4 Å². The molecule has 1 amide bonds. The van der Waals surface area contributed by atoms with Gasteiger partial charge in [0.05, 0.1) is 4.90 Å². The summed E-state index contributed by atoms with van der Waals surface area (Å²) in [6.07, 6.45) is 0. The van der Waals surface area contributed by atoms with Crippen LogP contribution in [0.15, 0.2) is 29.2 Å². The van der Waals surface area contributed by atoms with Gasteiger partial charge in [0.15, 0.2) is 14.0 Å². The number of sulfone groups is 1. The highest BCUT2D eigenvalue weighted by Gasteiger charge is 2.32. The molecule has 0 aliphatic rings. The lowest BCUT2D eigenvalue weighted by Crippen LogP contribution is -2.40. The summed E-state index contributed by atoms with van der Waals surface area (Å²) in [4.78, 5) is 21.4. The summed E-state index contributed by atoms with van der Waals surface area (Å²) in [5.74, 6) is -1.97. The van der Waals surface area contributed by atoms with Gasteiger partial charge in [-0.2, -0.15) is 0 Å². The van der Waals surface area contributed by atoms with Crippen LogP contribution >= 0.6 is 31.9 Å². The Morgan fingerprint density at radius 2 is 1.76 bits per heavy atom. The van der Waals surface area contributed by atoms with Crippen molar-refractivity contribution in [3.05, 3.63) is 29.8 Å². The molecule has 1 rings (SSSR count). The third-order valence-corrected chi connectivity index (χ3v) is 6.85. The third-order valence-electron chi connectivity index (χ3n) is 2.55. The van der Waals surface area contributed by atoms with Crippen molar-refractivity contribution in [2.45, 2.75) is 20.8 Å². The molecule has 1 aromatic carbocycles. The van der Waals surface area contributed by atoms with Crippen molar-refractivity contribution in [2.24, 2.45) is 0 Å². The molecule has 0 saturated heterocycles. The minimum atomic E-state index is -3.88. The molecule has 0 radical (unpaired) electrons. The molecule has 2 atom stereocenters. The Hall–Kier alpha value is -0.930. The number of rotatable bonds is 6. The number of aryl methyl sites for hydroxylation is 1. The van der Waals surface area contributed by atoms with Gasteiger partial charge < -0.3 is 10.4 Å². The van der Waals surface area contributed by atoms with Crippen molar-refractivity contribution in [3.63, 3.8) is 0 Å². The van der Waals surface area contributed by atoms with E-state index < -0.39 is 30.7 Å². The standard InChI is InChI=1S/C12H13Br2NO5S/c1-7-2-4-8(5-3-7)21(19,20)10(14)11(16)15-6-9(13)12(17)18/h2-5,9-10H,6H2,1H3,(H,15,16)(H,17,18). The second-order valence-electron chi connectivity index (χ2n) is 4.23. The van der Waals surface area contributed by atoms with E-state index in [0.717, 1.165) is 5.56 Å². The maximum absolute atomic E-state index is 12.2. The quantitative estimate of drug-likeness (QED) is 0.649. The first-order chi connectivity index (χ1) is 9.66. The number of nitrogens with one attached hydrogen (secondary N) is 1. The molecule has 2 unspecified atom stereocenters. The molecular weight excluding hydrogens is 430 g/mol. The van der Waals surface area contributed by atoms with E-state index in [1.165, 1.54) is 12.1 Å². The third kappa shape index (κ3) is 4.79. The fraction of sp³-hybridized carbons (Fsp3) is 0.333. The number of hydrogen-bond donors (Lipinski definition) is 2. The first-order valence-corrected chi connectivity index (χ1v) is 9.13. The number of carbonyl (C=O) groups excluding carboxylic acids is 1. The van der Waals surface area contributed by atoms with Crippen molar-refractivity contribution < 1.29 is 23.1 Å². The Morgan fingerprint density at radius 1 is 1.24 bits per heavy atom. The molecule has 2 N–H and O–H groups in total. The molecule has 9 heteroatoms. The molecule has 0 heterocycles. The van der Waals surface area contributed by atoms with Crippen LogP contribution in [0.1, 0.15) is 5.56 Å². The second-order valence-corrected chi connectivity index (χ2v) is 8.88. The summed E-state index contributed by atoms with van der Waals surface area (Å²) < 4.78 is 23.0. The summed E-state index contributed by atoms with van der Waals surface area (Å²) in [6, 6.07) is 6.08. The first kappa shape index (κ1) is 18.1. The van der Waals surface area contributed by atoms with E-state index >= 15 is 0 Å². The summed E-state index contributed by atoms with van der Waals surface area (Å²) in [5.41, 5.74) is 0.896. The van der Waals surface area contributed by atoms with E-state index in [2.05, 4.69) is 37.2 Å². The lowest BCUT2D eigenvalue weighted by Gasteiger charge is -2.13. The number of hydrogen-bond acceptors (Lipinski definition) is 4. The summed E-state index contributed by atoms with van der Waals surface area (Å²) in [7, 11) is -3.88. The van der Waals surface area contributed by atoms with Crippen molar-refractivity contribution in [1.82, 2.24) is 5.32 Å². The van der Waals surface area contributed by atoms with Gasteiger partial charge in [-0.05, 0) is 19.1 Å². The Morgan fingerprint density at radius 3 is 2.24 bits per heavy atom. The molecule has 0 bridgehead atoms. The van der Waals surface area contributed by atoms with Gasteiger partial charge in [-0.3, -0.25) is 9.59 Å². The molecule has 0 saturated carbocycles. The zero-order valence-corrected chi connectivity index (χ0v) is 14.9. The zero-order valence-electron chi connectivity index (χ0n) is 10.9. The Kier molecular flexibility index (Phi) is 6.36. The molecule has 1 aromatic rings. The van der Waals surface area contributed by atoms with Crippen LogP contribution in [0.3, 0.4) is 0 Å². The normalized spacial score (nSPS) is 14.2. The molecule has 0 aliphatic heterocycles. The topological polar surface area (TPSA) is 101 Å². The second kappa shape index (κ2) is 7.37. The van der Waals surface area contributed by atoms with Gasteiger partial charge >= 0.3 is 5.97 Å². The van der Waals surface area contributed by atoms with E-state index in [1.807, 2.05) is 6.92 Å². The number of benzene rings is 1. The Bertz CT molecular complexity index is 630. The highest BCUT2D eigenvalue weighted by molar-refractivity contribution is 9.11. The largest absolute Gasteiger partial charge is 0.480 e. The lowest BCUT2D eigenvalue weighted by molar-refractivity contribution is -0.136. The predicted octanol–water partition coefficient (Wildman–Crippen LogP) is 1.45. The lowest BCUT2D eigenvalue weighted by atomic mass is 10.2. The number of carboxylic acids is 1. The van der Waals surface area contributed by atoms with Crippen LogP contribution < -0.4 is 5.32 Å². The predicted molar refractivity (Wildman–Crippen MR) is 84.4 cm³/mol. The molecule has 6 nitrogen and oxygen atoms in total. The average Bonchev–Trinajstić information content (AvgIpc) is 2.43. The van der Waals surface area contributed by atoms with E-state index in [4.69, 9.17) is 5.11 Å². The average molecular weight is 443 g/mol. The van der Waals surface area contributed by atoms with Gasteiger partial charge in [0.2, 0.25) is 5.91 Å². The molecule has 116 valence electrons. The van der Waals surface area contributed by atoms with E-state index in [0.29, 0.717) is 0 Å². The van der Waals surface area contributed by atoms with Gasteiger partial charge in [-0.15, -0.1) is 0 Å². The summed E-state index contributed by atoms with van der Waals surface area (Å²) in [6.45, 7) is 1.59. The van der Waals surface area contributed by atoms with Gasteiger partial charge in [-0.25, -0.2) is 8.42 Å². The van der Waals surface area contributed by atoms with Crippen LogP contribution in [-0.2, 0) is 19.4 Å². The molecule has 0 aromatic heterocycles. The fourth-order valence-electron chi connectivity index (χ4n) is 1.35. The van der Waals surface area contributed by atoms with Gasteiger partial charge in [-0.1, -0.05) is 49.6 Å². The summed E-state index contributed by atoms with van der Waals surface area (Å²) in [5, 5.41) is 10.9. The number of carbonyl (C=O) groups is 2. The number of alkyl halides is 2. The van der Waals surface area contributed by atoms with Crippen LogP contribution in [0.4, 0.5) is 0 Å². The first-order valence-electron chi connectivity index (χ1n) is 5.75. The SMILES string of the molecule is Cc1ccc(S(=O)(=O)C(Br)C(=O)NCC(Br)C(=O)O)cc1. The Balaban J connectivity index is 2.81. The van der Waals surface area contributed by atoms with Crippen molar-refractivity contribution in [3.8, 4) is 0 Å². The van der Waals surface area contributed by atoms with E-state index in [1.54, 1.807) is 12.1 Å².